The number of anilines is 2. The van der Waals surface area contributed by atoms with E-state index in [0.717, 1.165) is 56.1 Å². The van der Waals surface area contributed by atoms with Crippen molar-refractivity contribution in [2.24, 2.45) is 0 Å². The second-order valence-electron chi connectivity index (χ2n) is 9.56. The molecule has 4 rings (SSSR count). The van der Waals surface area contributed by atoms with Crippen molar-refractivity contribution < 1.29 is 4.39 Å². The van der Waals surface area contributed by atoms with Crippen LogP contribution in [0.1, 0.15) is 41.6 Å². The summed E-state index contributed by atoms with van der Waals surface area (Å²) >= 11 is 0. The summed E-state index contributed by atoms with van der Waals surface area (Å²) in [5, 5.41) is 15.4. The van der Waals surface area contributed by atoms with Crippen LogP contribution in [0.2, 0.25) is 0 Å². The number of halogens is 1. The van der Waals surface area contributed by atoms with E-state index in [4.69, 9.17) is 21.5 Å². The van der Waals surface area contributed by atoms with Crippen LogP contribution in [0.4, 0.5) is 16.0 Å². The molecule has 0 aliphatic carbocycles. The Morgan fingerprint density at radius 3 is 2.56 bits per heavy atom. The molecule has 4 N–H and O–H groups in total. The van der Waals surface area contributed by atoms with Crippen molar-refractivity contribution >= 4 is 24.1 Å². The minimum Gasteiger partial charge on any atom is -0.383 e. The fraction of sp³-hybridized carbons (Fsp3) is 0.423. The van der Waals surface area contributed by atoms with Crippen LogP contribution in [0.15, 0.2) is 30.7 Å². The molecule has 3 aromatic rings. The van der Waals surface area contributed by atoms with E-state index in [9.17, 15) is 4.39 Å². The third-order valence-corrected chi connectivity index (χ3v) is 6.80. The fourth-order valence-corrected chi connectivity index (χ4v) is 4.72. The number of hydrogen-bond donors (Lipinski definition) is 3. The Bertz CT molecular complexity index is 1220. The Balaban J connectivity index is 1.59. The smallest absolute Gasteiger partial charge is 0.138 e. The number of likely N-dealkylation sites (N-methyl/N-ethyl adjacent to an activating group) is 1. The van der Waals surface area contributed by atoms with E-state index in [2.05, 4.69) is 44.6 Å². The summed E-state index contributed by atoms with van der Waals surface area (Å²) < 4.78 is 16.1. The number of imidazole rings is 1. The summed E-state index contributed by atoms with van der Waals surface area (Å²) in [5.74, 6) is 1.55. The third kappa shape index (κ3) is 5.28. The van der Waals surface area contributed by atoms with E-state index in [1.807, 2.05) is 6.07 Å². The molecule has 1 saturated heterocycles. The van der Waals surface area contributed by atoms with Gasteiger partial charge in [0.1, 0.15) is 29.6 Å². The molecule has 9 nitrogen and oxygen atoms in total. The Labute approximate surface area is 211 Å². The molecular weight excluding hydrogens is 457 g/mol. The summed E-state index contributed by atoms with van der Waals surface area (Å²) in [4.78, 5) is 17.9. The van der Waals surface area contributed by atoms with Crippen LogP contribution in [-0.2, 0) is 6.54 Å². The van der Waals surface area contributed by atoms with Gasteiger partial charge in [-0.05, 0) is 57.6 Å². The number of nitrogens with two attached hydrogens (primary N) is 1. The highest BCUT2D eigenvalue weighted by atomic mass is 19.1. The first-order valence-corrected chi connectivity index (χ1v) is 12.2. The number of hydrogen-bond acceptors (Lipinski definition) is 8. The first-order valence-electron chi connectivity index (χ1n) is 12.2. The molecular formula is C26H34FN9. The van der Waals surface area contributed by atoms with Crippen LogP contribution in [0.5, 0.6) is 0 Å². The van der Waals surface area contributed by atoms with Gasteiger partial charge in [-0.1, -0.05) is 0 Å². The SMILES string of the molecule is Cc1cc(-c2cn(CCN(C)C)c(C3CCN(c4ncnc(N)c4C(C=N)C=N)CC3)n2)ccc1F. The van der Waals surface area contributed by atoms with Crippen LogP contribution >= 0.6 is 0 Å². The molecule has 10 heteroatoms. The van der Waals surface area contributed by atoms with Crippen LogP contribution in [0.3, 0.4) is 0 Å². The molecule has 1 aliphatic heterocycles. The lowest BCUT2D eigenvalue weighted by Gasteiger charge is -2.34. The number of nitrogens with one attached hydrogen (secondary N) is 2. The number of aryl methyl sites for hydroxylation is 1. The number of nitrogen functional groups attached to an aromatic ring is 1. The maximum atomic E-state index is 13.8. The minimum atomic E-state index is -0.550. The van der Waals surface area contributed by atoms with Gasteiger partial charge in [-0.25, -0.2) is 19.3 Å². The molecule has 0 atom stereocenters. The molecule has 3 heterocycles. The number of benzene rings is 1. The molecule has 0 spiro atoms. The topological polar surface area (TPSA) is 124 Å². The van der Waals surface area contributed by atoms with Crippen LogP contribution in [0, 0.1) is 23.6 Å². The van der Waals surface area contributed by atoms with Crippen molar-refractivity contribution in [3.8, 4) is 11.3 Å². The number of rotatable bonds is 9. The van der Waals surface area contributed by atoms with E-state index in [1.165, 1.54) is 24.8 Å². The van der Waals surface area contributed by atoms with Crippen molar-refractivity contribution in [2.45, 2.75) is 38.1 Å². The van der Waals surface area contributed by atoms with Gasteiger partial charge in [0, 0.05) is 56.3 Å². The Morgan fingerprint density at radius 2 is 1.92 bits per heavy atom. The largest absolute Gasteiger partial charge is 0.383 e. The molecule has 1 aromatic carbocycles. The van der Waals surface area contributed by atoms with Gasteiger partial charge in [-0.15, -0.1) is 0 Å². The molecule has 190 valence electrons. The summed E-state index contributed by atoms with van der Waals surface area (Å²) in [6.45, 7) is 4.99. The van der Waals surface area contributed by atoms with Gasteiger partial charge in [-0.2, -0.15) is 0 Å². The van der Waals surface area contributed by atoms with Crippen molar-refractivity contribution in [1.82, 2.24) is 24.4 Å². The molecule has 1 aliphatic rings. The minimum absolute atomic E-state index is 0.212. The van der Waals surface area contributed by atoms with E-state index in [1.54, 1.807) is 13.0 Å². The first-order chi connectivity index (χ1) is 17.3. The van der Waals surface area contributed by atoms with Gasteiger partial charge in [0.05, 0.1) is 17.2 Å². The van der Waals surface area contributed by atoms with Gasteiger partial charge in [0.2, 0.25) is 0 Å². The fourth-order valence-electron chi connectivity index (χ4n) is 4.72. The number of nitrogens with zero attached hydrogens (tertiary/aromatic N) is 6. The second kappa shape index (κ2) is 10.9. The maximum absolute atomic E-state index is 13.8. The summed E-state index contributed by atoms with van der Waals surface area (Å²) in [6.07, 6.45) is 7.67. The summed E-state index contributed by atoms with van der Waals surface area (Å²) in [5.41, 5.74) is 9.13. The zero-order valence-electron chi connectivity index (χ0n) is 21.1. The standard InChI is InChI=1S/C26H34FN9/c1-17-12-19(4-5-21(17)27)22-15-36(11-10-34(2)3)25(33-22)18-6-8-35(9-7-18)26-23(20(13-28)14-29)24(30)31-16-32-26/h4-5,12-16,18,20,28-29H,6-11H2,1-3H3,(H2,30,31,32). The Kier molecular flexibility index (Phi) is 7.73. The van der Waals surface area contributed by atoms with Crippen molar-refractivity contribution in [3.63, 3.8) is 0 Å². The highest BCUT2D eigenvalue weighted by molar-refractivity contribution is 5.91. The average molecular weight is 492 g/mol. The highest BCUT2D eigenvalue weighted by Gasteiger charge is 2.29. The lowest BCUT2D eigenvalue weighted by atomic mass is 9.94. The molecule has 0 radical (unpaired) electrons. The molecule has 2 aromatic heterocycles. The maximum Gasteiger partial charge on any atom is 0.138 e. The van der Waals surface area contributed by atoms with Crippen LogP contribution in [0.25, 0.3) is 11.3 Å². The second-order valence-corrected chi connectivity index (χ2v) is 9.56. The van der Waals surface area contributed by atoms with Gasteiger partial charge < -0.3 is 30.9 Å². The normalized spacial score (nSPS) is 15.3. The number of aromatic nitrogens is 4. The van der Waals surface area contributed by atoms with Crippen LogP contribution < -0.4 is 10.6 Å². The van der Waals surface area contributed by atoms with Gasteiger partial charge in [-0.3, -0.25) is 0 Å². The van der Waals surface area contributed by atoms with Crippen molar-refractivity contribution in [3.05, 3.63) is 53.5 Å². The monoisotopic (exact) mass is 491 g/mol. The first kappa shape index (κ1) is 25.4. The zero-order chi connectivity index (χ0) is 25.8. The average Bonchev–Trinajstić information content (AvgIpc) is 3.30. The molecule has 0 unspecified atom stereocenters. The van der Waals surface area contributed by atoms with E-state index < -0.39 is 5.92 Å². The predicted octanol–water partition coefficient (Wildman–Crippen LogP) is 3.70. The van der Waals surface area contributed by atoms with Crippen molar-refractivity contribution in [1.29, 1.82) is 10.8 Å². The van der Waals surface area contributed by atoms with Crippen LogP contribution in [-0.4, -0.2) is 70.6 Å². The molecule has 0 saturated carbocycles. The summed E-state index contributed by atoms with van der Waals surface area (Å²) in [6, 6.07) is 5.14. The van der Waals surface area contributed by atoms with E-state index >= 15 is 0 Å². The summed E-state index contributed by atoms with van der Waals surface area (Å²) in [7, 11) is 4.11. The molecule has 0 bridgehead atoms. The van der Waals surface area contributed by atoms with Crippen molar-refractivity contribution in [2.75, 3.05) is 44.4 Å². The lowest BCUT2D eigenvalue weighted by Crippen LogP contribution is -2.35. The lowest BCUT2D eigenvalue weighted by molar-refractivity contribution is 0.372. The van der Waals surface area contributed by atoms with Gasteiger partial charge >= 0.3 is 0 Å². The quantitative estimate of drug-likeness (QED) is 0.392. The predicted molar refractivity (Wildman–Crippen MR) is 142 cm³/mol. The highest BCUT2D eigenvalue weighted by Crippen LogP contribution is 2.35. The Morgan fingerprint density at radius 1 is 1.19 bits per heavy atom. The van der Waals surface area contributed by atoms with E-state index in [0.29, 0.717) is 22.8 Å². The van der Waals surface area contributed by atoms with Gasteiger partial charge in [0.15, 0.2) is 0 Å². The van der Waals surface area contributed by atoms with Gasteiger partial charge in [0.25, 0.3) is 0 Å². The molecule has 0 amide bonds. The number of piperidine rings is 1. The molecule has 36 heavy (non-hydrogen) atoms. The molecule has 1 fully saturated rings. The zero-order valence-corrected chi connectivity index (χ0v) is 21.1. The third-order valence-electron chi connectivity index (χ3n) is 6.80. The van der Waals surface area contributed by atoms with E-state index in [-0.39, 0.29) is 11.7 Å². The Hall–Kier alpha value is -3.66.